The van der Waals surface area contributed by atoms with Crippen LogP contribution in [0.5, 0.6) is 0 Å². The maximum absolute atomic E-state index is 12.4. The summed E-state index contributed by atoms with van der Waals surface area (Å²) in [5.74, 6) is 0. The molecule has 19 heavy (non-hydrogen) atoms. The van der Waals surface area contributed by atoms with E-state index in [0.717, 1.165) is 5.56 Å². The van der Waals surface area contributed by atoms with Crippen molar-refractivity contribution in [3.05, 3.63) is 48.3 Å². The summed E-state index contributed by atoms with van der Waals surface area (Å²) >= 11 is 0. The first-order valence-electron chi connectivity index (χ1n) is 5.75. The lowest BCUT2D eigenvalue weighted by atomic mass is 10.3. The van der Waals surface area contributed by atoms with E-state index in [1.807, 2.05) is 0 Å². The Morgan fingerprint density at radius 1 is 1.11 bits per heavy atom. The Morgan fingerprint density at radius 3 is 2.53 bits per heavy atom. The molecule has 0 fully saturated rings. The zero-order chi connectivity index (χ0) is 13.9. The number of benzene rings is 1. The third kappa shape index (κ3) is 2.85. The van der Waals surface area contributed by atoms with Crippen LogP contribution in [-0.4, -0.2) is 20.4 Å². The first kappa shape index (κ1) is 13.4. The summed E-state index contributed by atoms with van der Waals surface area (Å²) < 4.78 is 27.3. The molecular formula is C13H15N3O2S. The van der Waals surface area contributed by atoms with Gasteiger partial charge in [0.25, 0.3) is 10.0 Å². The normalized spacial score (nSPS) is 11.1. The quantitative estimate of drug-likeness (QED) is 0.899. The van der Waals surface area contributed by atoms with Gasteiger partial charge >= 0.3 is 0 Å². The van der Waals surface area contributed by atoms with Crippen molar-refractivity contribution in [2.45, 2.75) is 11.8 Å². The third-order valence-corrected chi connectivity index (χ3v) is 4.13. The van der Waals surface area contributed by atoms with Crippen molar-refractivity contribution in [1.29, 1.82) is 0 Å². The minimum Gasteiger partial charge on any atom is -0.387 e. The first-order chi connectivity index (χ1) is 9.04. The maximum Gasteiger partial charge on any atom is 0.263 e. The van der Waals surface area contributed by atoms with Gasteiger partial charge in [0.15, 0.2) is 0 Å². The Hall–Kier alpha value is -2.08. The highest BCUT2D eigenvalue weighted by Gasteiger charge is 2.18. The van der Waals surface area contributed by atoms with Crippen LogP contribution in [0, 0.1) is 6.92 Å². The Bertz CT molecular complexity index is 684. The minimum absolute atomic E-state index is 0.216. The Morgan fingerprint density at radius 2 is 1.84 bits per heavy atom. The molecule has 0 bridgehead atoms. The van der Waals surface area contributed by atoms with Gasteiger partial charge in [-0.2, -0.15) is 0 Å². The van der Waals surface area contributed by atoms with E-state index in [2.05, 4.69) is 15.0 Å². The Balaban J connectivity index is 2.41. The van der Waals surface area contributed by atoms with Gasteiger partial charge in [-0.15, -0.1) is 0 Å². The number of sulfonamides is 1. The van der Waals surface area contributed by atoms with E-state index in [9.17, 15) is 8.42 Å². The number of nitrogens with zero attached hydrogens (tertiary/aromatic N) is 1. The van der Waals surface area contributed by atoms with Gasteiger partial charge in [-0.05, 0) is 30.7 Å². The fraction of sp³-hybridized carbons (Fsp3) is 0.154. The monoisotopic (exact) mass is 277 g/mol. The van der Waals surface area contributed by atoms with Crippen molar-refractivity contribution in [2.24, 2.45) is 0 Å². The summed E-state index contributed by atoms with van der Waals surface area (Å²) in [7, 11) is -1.93. The molecule has 5 nitrogen and oxygen atoms in total. The third-order valence-electron chi connectivity index (χ3n) is 2.71. The van der Waals surface area contributed by atoms with Gasteiger partial charge in [0, 0.05) is 19.4 Å². The van der Waals surface area contributed by atoms with E-state index in [0.29, 0.717) is 11.4 Å². The average molecular weight is 277 g/mol. The SMILES string of the molecule is CNc1ccccc1S(=O)(=O)Nc1ccncc1C. The highest BCUT2D eigenvalue weighted by molar-refractivity contribution is 7.92. The van der Waals surface area contributed by atoms with E-state index in [-0.39, 0.29) is 4.90 Å². The summed E-state index contributed by atoms with van der Waals surface area (Å²) in [5, 5.41) is 2.87. The molecule has 1 aromatic carbocycles. The van der Waals surface area contributed by atoms with Crippen LogP contribution in [0.15, 0.2) is 47.6 Å². The molecule has 6 heteroatoms. The van der Waals surface area contributed by atoms with E-state index in [4.69, 9.17) is 0 Å². The van der Waals surface area contributed by atoms with Crippen molar-refractivity contribution >= 4 is 21.4 Å². The van der Waals surface area contributed by atoms with Gasteiger partial charge in [-0.3, -0.25) is 9.71 Å². The Kier molecular flexibility index (Phi) is 3.71. The van der Waals surface area contributed by atoms with Crippen LogP contribution in [0.4, 0.5) is 11.4 Å². The molecule has 2 N–H and O–H groups in total. The second-order valence-electron chi connectivity index (χ2n) is 4.04. The van der Waals surface area contributed by atoms with Crippen LogP contribution >= 0.6 is 0 Å². The average Bonchev–Trinajstić information content (AvgIpc) is 2.41. The number of aryl methyl sites for hydroxylation is 1. The van der Waals surface area contributed by atoms with Crippen molar-refractivity contribution in [3.8, 4) is 0 Å². The molecule has 0 atom stereocenters. The second-order valence-corrected chi connectivity index (χ2v) is 5.69. The fourth-order valence-electron chi connectivity index (χ4n) is 1.70. The fourth-order valence-corrected chi connectivity index (χ4v) is 3.04. The number of anilines is 2. The zero-order valence-corrected chi connectivity index (χ0v) is 11.5. The van der Waals surface area contributed by atoms with Crippen molar-refractivity contribution < 1.29 is 8.42 Å². The van der Waals surface area contributed by atoms with Crippen LogP contribution in [0.3, 0.4) is 0 Å². The molecule has 1 heterocycles. The number of para-hydroxylation sites is 1. The molecule has 2 rings (SSSR count). The summed E-state index contributed by atoms with van der Waals surface area (Å²) in [5.41, 5.74) is 1.86. The van der Waals surface area contributed by atoms with Gasteiger partial charge in [0.05, 0.1) is 11.4 Å². The van der Waals surface area contributed by atoms with Crippen LogP contribution < -0.4 is 10.0 Å². The second kappa shape index (κ2) is 5.27. The lowest BCUT2D eigenvalue weighted by Crippen LogP contribution is -2.15. The zero-order valence-electron chi connectivity index (χ0n) is 10.7. The molecule has 0 aliphatic heterocycles. The number of hydrogen-bond donors (Lipinski definition) is 2. The highest BCUT2D eigenvalue weighted by atomic mass is 32.2. The smallest absolute Gasteiger partial charge is 0.263 e. The predicted molar refractivity (Wildman–Crippen MR) is 75.8 cm³/mol. The molecule has 0 radical (unpaired) electrons. The van der Waals surface area contributed by atoms with Crippen LogP contribution in [0.2, 0.25) is 0 Å². The molecule has 1 aromatic heterocycles. The summed E-state index contributed by atoms with van der Waals surface area (Å²) in [6.07, 6.45) is 3.16. The maximum atomic E-state index is 12.4. The van der Waals surface area contributed by atoms with Crippen LogP contribution in [-0.2, 0) is 10.0 Å². The van der Waals surface area contributed by atoms with Gasteiger partial charge in [-0.1, -0.05) is 12.1 Å². The molecule has 2 aromatic rings. The summed E-state index contributed by atoms with van der Waals surface area (Å²) in [6.45, 7) is 1.80. The number of rotatable bonds is 4. The molecule has 100 valence electrons. The van der Waals surface area contributed by atoms with Gasteiger partial charge in [-0.25, -0.2) is 8.42 Å². The molecule has 0 aliphatic carbocycles. The Labute approximate surface area is 112 Å². The lowest BCUT2D eigenvalue weighted by molar-refractivity contribution is 0.601. The predicted octanol–water partition coefficient (Wildman–Crippen LogP) is 2.23. The number of hydrogen-bond acceptors (Lipinski definition) is 4. The first-order valence-corrected chi connectivity index (χ1v) is 7.23. The standard InChI is InChI=1S/C13H15N3O2S/c1-10-9-15-8-7-11(10)16-19(17,18)13-6-4-3-5-12(13)14-2/h3-9,14H,1-2H3,(H,15,16). The molecule has 0 spiro atoms. The van der Waals surface area contributed by atoms with Crippen LogP contribution in [0.1, 0.15) is 5.56 Å². The van der Waals surface area contributed by atoms with Crippen molar-refractivity contribution in [3.63, 3.8) is 0 Å². The molecule has 0 aliphatic rings. The van der Waals surface area contributed by atoms with E-state index >= 15 is 0 Å². The molecule has 0 amide bonds. The van der Waals surface area contributed by atoms with Crippen molar-refractivity contribution in [1.82, 2.24) is 4.98 Å². The topological polar surface area (TPSA) is 71.1 Å². The van der Waals surface area contributed by atoms with Gasteiger partial charge < -0.3 is 5.32 Å². The lowest BCUT2D eigenvalue weighted by Gasteiger charge is -2.13. The highest BCUT2D eigenvalue weighted by Crippen LogP contribution is 2.24. The molecular weight excluding hydrogens is 262 g/mol. The minimum atomic E-state index is -3.62. The summed E-state index contributed by atoms with van der Waals surface area (Å²) in [4.78, 5) is 4.15. The largest absolute Gasteiger partial charge is 0.387 e. The van der Waals surface area contributed by atoms with Crippen LogP contribution in [0.25, 0.3) is 0 Å². The van der Waals surface area contributed by atoms with Gasteiger partial charge in [0.2, 0.25) is 0 Å². The van der Waals surface area contributed by atoms with Gasteiger partial charge in [0.1, 0.15) is 4.90 Å². The molecule has 0 saturated heterocycles. The van der Waals surface area contributed by atoms with E-state index in [1.165, 1.54) is 0 Å². The molecule has 0 saturated carbocycles. The molecule has 0 unspecified atom stereocenters. The van der Waals surface area contributed by atoms with E-state index < -0.39 is 10.0 Å². The van der Waals surface area contributed by atoms with E-state index in [1.54, 1.807) is 56.7 Å². The summed E-state index contributed by atoms with van der Waals surface area (Å²) in [6, 6.07) is 8.38. The number of aromatic nitrogens is 1. The number of pyridine rings is 1. The number of nitrogens with one attached hydrogen (secondary N) is 2. The van der Waals surface area contributed by atoms with Crippen molar-refractivity contribution in [2.75, 3.05) is 17.1 Å².